The van der Waals surface area contributed by atoms with Crippen molar-refractivity contribution in [3.05, 3.63) is 29.8 Å². The van der Waals surface area contributed by atoms with Gasteiger partial charge < -0.3 is 5.11 Å². The fourth-order valence-electron chi connectivity index (χ4n) is 1.28. The number of carboxylic acids is 1. The summed E-state index contributed by atoms with van der Waals surface area (Å²) in [5.41, 5.74) is 0.142. The molecule has 0 bridgehead atoms. The van der Waals surface area contributed by atoms with Crippen molar-refractivity contribution in [3.8, 4) is 0 Å². The minimum atomic E-state index is -1.04. The number of aromatic carboxylic acids is 1. The number of carbonyl (C=O) groups is 1. The molecule has 11 heteroatoms. The number of rotatable bonds is 9. The van der Waals surface area contributed by atoms with Crippen molar-refractivity contribution in [1.29, 1.82) is 0 Å². The van der Waals surface area contributed by atoms with E-state index in [2.05, 4.69) is 9.68 Å². The molecule has 118 valence electrons. The SMILES string of the molecule is O=C(O)c1ccc(SCC(CON(O)O)ON(O)O)cc1. The molecule has 0 aliphatic carbocycles. The Bertz CT molecular complexity index is 441. The van der Waals surface area contributed by atoms with Crippen LogP contribution in [0.1, 0.15) is 10.4 Å². The second-order valence-corrected chi connectivity index (χ2v) is 4.76. The molecule has 0 spiro atoms. The lowest BCUT2D eigenvalue weighted by Gasteiger charge is -2.18. The molecule has 0 saturated heterocycles. The van der Waals surface area contributed by atoms with E-state index >= 15 is 0 Å². The fourth-order valence-corrected chi connectivity index (χ4v) is 2.14. The van der Waals surface area contributed by atoms with Crippen LogP contribution in [0.4, 0.5) is 0 Å². The van der Waals surface area contributed by atoms with Gasteiger partial charge in [0.15, 0.2) is 0 Å². The number of carboxylic acid groups (broad SMARTS) is 1. The summed E-state index contributed by atoms with van der Waals surface area (Å²) in [4.78, 5) is 20.3. The largest absolute Gasteiger partial charge is 0.478 e. The molecule has 21 heavy (non-hydrogen) atoms. The van der Waals surface area contributed by atoms with Gasteiger partial charge in [-0.25, -0.2) is 14.5 Å². The molecule has 1 aromatic rings. The average Bonchev–Trinajstić information content (AvgIpc) is 2.41. The van der Waals surface area contributed by atoms with E-state index in [0.717, 1.165) is 0 Å². The number of hydrogen-bond donors (Lipinski definition) is 5. The summed E-state index contributed by atoms with van der Waals surface area (Å²) in [7, 11) is 0. The Morgan fingerprint density at radius 2 is 1.76 bits per heavy atom. The van der Waals surface area contributed by atoms with Gasteiger partial charge in [-0.3, -0.25) is 20.8 Å². The highest BCUT2D eigenvalue weighted by Crippen LogP contribution is 2.20. The maximum atomic E-state index is 10.7. The van der Waals surface area contributed by atoms with Gasteiger partial charge in [0.25, 0.3) is 0 Å². The van der Waals surface area contributed by atoms with Crippen molar-refractivity contribution < 1.29 is 40.4 Å². The summed E-state index contributed by atoms with van der Waals surface area (Å²) in [6.07, 6.45) is -0.911. The van der Waals surface area contributed by atoms with Gasteiger partial charge >= 0.3 is 5.97 Å². The topological polar surface area (TPSA) is 143 Å². The Morgan fingerprint density at radius 3 is 2.24 bits per heavy atom. The van der Waals surface area contributed by atoms with E-state index in [4.69, 9.17) is 25.9 Å². The average molecular weight is 322 g/mol. The second-order valence-electron chi connectivity index (χ2n) is 3.67. The molecule has 1 rings (SSSR count). The van der Waals surface area contributed by atoms with Gasteiger partial charge in [-0.05, 0) is 24.3 Å². The lowest BCUT2D eigenvalue weighted by Crippen LogP contribution is -2.32. The van der Waals surface area contributed by atoms with Crippen molar-refractivity contribution >= 4 is 17.7 Å². The summed E-state index contributed by atoms with van der Waals surface area (Å²) in [6, 6.07) is 5.99. The van der Waals surface area contributed by atoms with Crippen LogP contribution >= 0.6 is 11.8 Å². The molecule has 0 amide bonds. The number of nitrogens with zero attached hydrogens (tertiary/aromatic N) is 2. The van der Waals surface area contributed by atoms with Crippen LogP contribution in [0.5, 0.6) is 0 Å². The summed E-state index contributed by atoms with van der Waals surface area (Å²) in [6.45, 7) is -0.370. The van der Waals surface area contributed by atoms with E-state index in [9.17, 15) is 4.79 Å². The van der Waals surface area contributed by atoms with Crippen LogP contribution in [-0.4, -0.2) is 61.1 Å². The lowest BCUT2D eigenvalue weighted by molar-refractivity contribution is -0.525. The fraction of sp³-hybridized carbons (Fsp3) is 0.300. The number of thioether (sulfide) groups is 1. The highest BCUT2D eigenvalue weighted by atomic mass is 32.2. The molecule has 0 aliphatic rings. The second kappa shape index (κ2) is 8.89. The Labute approximate surface area is 123 Å². The quantitative estimate of drug-likeness (QED) is 0.326. The highest BCUT2D eigenvalue weighted by Gasteiger charge is 2.16. The first-order valence-electron chi connectivity index (χ1n) is 5.50. The molecule has 10 nitrogen and oxygen atoms in total. The first-order valence-corrected chi connectivity index (χ1v) is 6.48. The van der Waals surface area contributed by atoms with E-state index < -0.39 is 22.9 Å². The van der Waals surface area contributed by atoms with Crippen LogP contribution in [-0.2, 0) is 9.68 Å². The minimum Gasteiger partial charge on any atom is -0.478 e. The summed E-state index contributed by atoms with van der Waals surface area (Å²) in [5.74, 6) is -0.874. The molecule has 1 unspecified atom stereocenters. The van der Waals surface area contributed by atoms with Gasteiger partial charge in [0.1, 0.15) is 12.7 Å². The van der Waals surface area contributed by atoms with Crippen molar-refractivity contribution in [2.24, 2.45) is 0 Å². The molecule has 0 fully saturated rings. The first-order chi connectivity index (χ1) is 9.88. The zero-order valence-electron chi connectivity index (χ0n) is 10.6. The van der Waals surface area contributed by atoms with Crippen LogP contribution in [0.25, 0.3) is 0 Å². The zero-order chi connectivity index (χ0) is 15.8. The molecule has 0 radical (unpaired) electrons. The van der Waals surface area contributed by atoms with Gasteiger partial charge in [0.2, 0.25) is 0 Å². The van der Waals surface area contributed by atoms with Gasteiger partial charge in [-0.2, -0.15) is 0 Å². The van der Waals surface area contributed by atoms with Gasteiger partial charge in [0, 0.05) is 10.6 Å². The van der Waals surface area contributed by atoms with E-state index in [-0.39, 0.29) is 17.9 Å². The zero-order valence-corrected chi connectivity index (χ0v) is 11.4. The van der Waals surface area contributed by atoms with Gasteiger partial charge in [-0.1, -0.05) is 0 Å². The lowest BCUT2D eigenvalue weighted by atomic mass is 10.2. The van der Waals surface area contributed by atoms with Crippen molar-refractivity contribution in [2.45, 2.75) is 11.0 Å². The summed E-state index contributed by atoms with van der Waals surface area (Å²) in [5, 5.41) is 41.7. The van der Waals surface area contributed by atoms with Crippen LogP contribution in [0.3, 0.4) is 0 Å². The number of hydrogen-bond acceptors (Lipinski definition) is 10. The van der Waals surface area contributed by atoms with Crippen LogP contribution in [0.2, 0.25) is 0 Å². The van der Waals surface area contributed by atoms with Crippen molar-refractivity contribution in [2.75, 3.05) is 12.4 Å². The molecule has 1 atom stereocenters. The van der Waals surface area contributed by atoms with Crippen molar-refractivity contribution in [3.63, 3.8) is 0 Å². The van der Waals surface area contributed by atoms with Crippen molar-refractivity contribution in [1.82, 2.24) is 10.8 Å². The Kier molecular flexibility index (Phi) is 7.52. The summed E-state index contributed by atoms with van der Waals surface area (Å²) >= 11 is 1.21. The number of benzene rings is 1. The highest BCUT2D eigenvalue weighted by molar-refractivity contribution is 7.99. The minimum absolute atomic E-state index is 0.142. The molecule has 0 aromatic heterocycles. The van der Waals surface area contributed by atoms with Crippen LogP contribution < -0.4 is 0 Å². The van der Waals surface area contributed by atoms with E-state index in [1.54, 1.807) is 12.1 Å². The molecular formula is C10H14N2O8S. The molecule has 5 N–H and O–H groups in total. The van der Waals surface area contributed by atoms with E-state index in [1.807, 2.05) is 0 Å². The molecule has 0 heterocycles. The summed E-state index contributed by atoms with van der Waals surface area (Å²) < 4.78 is 0. The predicted octanol–water partition coefficient (Wildman–Crippen LogP) is 0.869. The third kappa shape index (κ3) is 7.33. The third-order valence-corrected chi connectivity index (χ3v) is 3.30. The standard InChI is InChI=1S/C10H14N2O8S/c13-10(14)7-1-3-9(4-2-7)21-6-8(20-12(17)18)5-19-11(15)16/h1-4,8,15-18H,5-6H2,(H,13,14). The molecule has 0 aliphatic heterocycles. The van der Waals surface area contributed by atoms with Crippen LogP contribution in [0, 0.1) is 0 Å². The van der Waals surface area contributed by atoms with E-state index in [1.165, 1.54) is 23.9 Å². The molecule has 1 aromatic carbocycles. The predicted molar refractivity (Wildman–Crippen MR) is 65.8 cm³/mol. The van der Waals surface area contributed by atoms with Gasteiger partial charge in [-0.15, -0.1) is 11.8 Å². The monoisotopic (exact) mass is 322 g/mol. The Balaban J connectivity index is 2.52. The molecular weight excluding hydrogens is 308 g/mol. The third-order valence-electron chi connectivity index (χ3n) is 2.16. The maximum Gasteiger partial charge on any atom is 0.335 e. The smallest absolute Gasteiger partial charge is 0.335 e. The normalized spacial score (nSPS) is 12.9. The maximum absolute atomic E-state index is 10.7. The Hall–Kier alpha value is -1.28. The first kappa shape index (κ1) is 17.8. The Morgan fingerprint density at radius 1 is 1.14 bits per heavy atom. The molecule has 0 saturated carbocycles. The van der Waals surface area contributed by atoms with E-state index in [0.29, 0.717) is 4.90 Å². The van der Waals surface area contributed by atoms with Gasteiger partial charge in [0.05, 0.1) is 16.3 Å². The van der Waals surface area contributed by atoms with Crippen LogP contribution in [0.15, 0.2) is 29.2 Å².